The largest absolute Gasteiger partial charge is 0.496 e. The quantitative estimate of drug-likeness (QED) is 0.918. The number of benzene rings is 2. The van der Waals surface area contributed by atoms with Crippen molar-refractivity contribution in [2.75, 3.05) is 7.11 Å². The van der Waals surface area contributed by atoms with Crippen molar-refractivity contribution in [2.24, 2.45) is 0 Å². The zero-order valence-electron chi connectivity index (χ0n) is 11.8. The van der Waals surface area contributed by atoms with Crippen LogP contribution in [0.25, 0.3) is 0 Å². The fraction of sp³-hybridized carbons (Fsp3) is 0.200. The molecule has 0 aromatic heterocycles. The van der Waals surface area contributed by atoms with Gasteiger partial charge in [0.15, 0.2) is 0 Å². The summed E-state index contributed by atoms with van der Waals surface area (Å²) in [7, 11) is -2.06. The maximum absolute atomic E-state index is 12.3. The first-order chi connectivity index (χ1) is 9.94. The minimum absolute atomic E-state index is 0.146. The number of methoxy groups -OCH3 is 1. The van der Waals surface area contributed by atoms with Crippen molar-refractivity contribution in [3.05, 3.63) is 58.6 Å². The van der Waals surface area contributed by atoms with Crippen molar-refractivity contribution in [2.45, 2.75) is 18.4 Å². The van der Waals surface area contributed by atoms with Crippen molar-refractivity contribution in [3.8, 4) is 5.75 Å². The zero-order valence-corrected chi connectivity index (χ0v) is 13.3. The topological polar surface area (TPSA) is 55.4 Å². The van der Waals surface area contributed by atoms with Crippen molar-refractivity contribution < 1.29 is 13.2 Å². The van der Waals surface area contributed by atoms with E-state index in [-0.39, 0.29) is 11.4 Å². The van der Waals surface area contributed by atoms with Crippen LogP contribution in [0.4, 0.5) is 0 Å². The number of hydrogen-bond acceptors (Lipinski definition) is 3. The van der Waals surface area contributed by atoms with E-state index < -0.39 is 10.0 Å². The standard InChI is InChI=1S/C15H16ClNO3S/c1-11-7-8-13(9-14(11)16)21(18,19)17-10-12-5-3-4-6-15(12)20-2/h3-9,17H,10H2,1-2H3. The van der Waals surface area contributed by atoms with E-state index in [1.807, 2.05) is 25.1 Å². The molecule has 2 aromatic rings. The second-order valence-corrected chi connectivity index (χ2v) is 6.72. The second-order valence-electron chi connectivity index (χ2n) is 4.55. The summed E-state index contributed by atoms with van der Waals surface area (Å²) in [5.74, 6) is 0.641. The van der Waals surface area contributed by atoms with Crippen molar-refractivity contribution in [1.29, 1.82) is 0 Å². The summed E-state index contributed by atoms with van der Waals surface area (Å²) in [6.07, 6.45) is 0. The van der Waals surface area contributed by atoms with Gasteiger partial charge in [0.1, 0.15) is 5.75 Å². The molecule has 0 spiro atoms. The van der Waals surface area contributed by atoms with Gasteiger partial charge in [-0.1, -0.05) is 35.9 Å². The molecule has 0 radical (unpaired) electrons. The van der Waals surface area contributed by atoms with E-state index in [0.717, 1.165) is 11.1 Å². The van der Waals surface area contributed by atoms with Gasteiger partial charge in [0.2, 0.25) is 10.0 Å². The van der Waals surface area contributed by atoms with E-state index in [0.29, 0.717) is 10.8 Å². The Hall–Kier alpha value is -1.56. The SMILES string of the molecule is COc1ccccc1CNS(=O)(=O)c1ccc(C)c(Cl)c1. The van der Waals surface area contributed by atoms with Gasteiger partial charge < -0.3 is 4.74 Å². The summed E-state index contributed by atoms with van der Waals surface area (Å²) in [4.78, 5) is 0.146. The molecular formula is C15H16ClNO3S. The molecule has 0 saturated carbocycles. The molecule has 0 aliphatic heterocycles. The smallest absolute Gasteiger partial charge is 0.240 e. The van der Waals surface area contributed by atoms with Gasteiger partial charge in [-0.05, 0) is 30.7 Å². The molecule has 112 valence electrons. The highest BCUT2D eigenvalue weighted by Crippen LogP contribution is 2.21. The molecule has 0 aliphatic carbocycles. The summed E-state index contributed by atoms with van der Waals surface area (Å²) >= 11 is 5.97. The Labute approximate surface area is 129 Å². The van der Waals surface area contributed by atoms with Crippen LogP contribution in [0, 0.1) is 6.92 Å². The Bertz CT molecular complexity index is 744. The first kappa shape index (κ1) is 15.8. The van der Waals surface area contributed by atoms with Gasteiger partial charge >= 0.3 is 0 Å². The average molecular weight is 326 g/mol. The summed E-state index contributed by atoms with van der Waals surface area (Å²) < 4.78 is 32.3. The number of rotatable bonds is 5. The number of ether oxygens (including phenoxy) is 1. The van der Waals surface area contributed by atoms with Crippen LogP contribution < -0.4 is 9.46 Å². The minimum atomic E-state index is -3.61. The van der Waals surface area contributed by atoms with Gasteiger partial charge in [-0.2, -0.15) is 0 Å². The summed E-state index contributed by atoms with van der Waals surface area (Å²) in [6, 6.07) is 11.9. The van der Waals surface area contributed by atoms with Gasteiger partial charge in [-0.3, -0.25) is 0 Å². The molecule has 0 fully saturated rings. The van der Waals surface area contributed by atoms with Crippen LogP contribution in [-0.4, -0.2) is 15.5 Å². The molecule has 0 bridgehead atoms. The van der Waals surface area contributed by atoms with Crippen LogP contribution in [0.3, 0.4) is 0 Å². The first-order valence-corrected chi connectivity index (χ1v) is 8.18. The van der Waals surface area contributed by atoms with Crippen LogP contribution in [0.5, 0.6) is 5.75 Å². The Balaban J connectivity index is 2.20. The van der Waals surface area contributed by atoms with Crippen molar-refractivity contribution >= 4 is 21.6 Å². The average Bonchev–Trinajstić information content (AvgIpc) is 2.48. The maximum atomic E-state index is 12.3. The van der Waals surface area contributed by atoms with Crippen molar-refractivity contribution in [3.63, 3.8) is 0 Å². The van der Waals surface area contributed by atoms with Crippen LogP contribution >= 0.6 is 11.6 Å². The second kappa shape index (κ2) is 6.47. The maximum Gasteiger partial charge on any atom is 0.240 e. The predicted molar refractivity (Wildman–Crippen MR) is 83.2 cm³/mol. The minimum Gasteiger partial charge on any atom is -0.496 e. The molecule has 2 aromatic carbocycles. The lowest BCUT2D eigenvalue weighted by Gasteiger charge is -2.10. The van der Waals surface area contributed by atoms with Crippen LogP contribution in [0.2, 0.25) is 5.02 Å². The van der Waals surface area contributed by atoms with E-state index in [1.165, 1.54) is 12.1 Å². The summed E-state index contributed by atoms with van der Waals surface area (Å²) in [5, 5.41) is 0.426. The Kier molecular flexibility index (Phi) is 4.88. The molecular weight excluding hydrogens is 310 g/mol. The number of para-hydroxylation sites is 1. The highest BCUT2D eigenvalue weighted by molar-refractivity contribution is 7.89. The van der Waals surface area contributed by atoms with E-state index in [4.69, 9.17) is 16.3 Å². The van der Waals surface area contributed by atoms with Gasteiger partial charge in [-0.15, -0.1) is 0 Å². The third kappa shape index (κ3) is 3.75. The molecule has 21 heavy (non-hydrogen) atoms. The zero-order chi connectivity index (χ0) is 15.5. The lowest BCUT2D eigenvalue weighted by molar-refractivity contribution is 0.409. The lowest BCUT2D eigenvalue weighted by atomic mass is 10.2. The summed E-state index contributed by atoms with van der Waals surface area (Å²) in [6.45, 7) is 1.97. The first-order valence-electron chi connectivity index (χ1n) is 6.32. The normalized spacial score (nSPS) is 11.4. The molecule has 0 atom stereocenters. The van der Waals surface area contributed by atoms with E-state index in [2.05, 4.69) is 4.72 Å². The third-order valence-corrected chi connectivity index (χ3v) is 4.90. The molecule has 0 aliphatic rings. The van der Waals surface area contributed by atoms with Gasteiger partial charge in [0, 0.05) is 17.1 Å². The van der Waals surface area contributed by atoms with Gasteiger partial charge in [0.05, 0.1) is 12.0 Å². The number of aryl methyl sites for hydroxylation is 1. The van der Waals surface area contributed by atoms with Gasteiger partial charge in [-0.25, -0.2) is 13.1 Å². The molecule has 4 nitrogen and oxygen atoms in total. The van der Waals surface area contributed by atoms with Crippen molar-refractivity contribution in [1.82, 2.24) is 4.72 Å². The Morgan fingerprint density at radius 2 is 1.90 bits per heavy atom. The fourth-order valence-electron chi connectivity index (χ4n) is 1.85. The Morgan fingerprint density at radius 3 is 2.57 bits per heavy atom. The summed E-state index contributed by atoms with van der Waals surface area (Å²) in [5.41, 5.74) is 1.60. The van der Waals surface area contributed by atoms with E-state index in [1.54, 1.807) is 19.2 Å². The van der Waals surface area contributed by atoms with E-state index in [9.17, 15) is 8.42 Å². The number of nitrogens with one attached hydrogen (secondary N) is 1. The predicted octanol–water partition coefficient (Wildman–Crippen LogP) is 3.14. The number of sulfonamides is 1. The molecule has 6 heteroatoms. The number of hydrogen-bond donors (Lipinski definition) is 1. The Morgan fingerprint density at radius 1 is 1.19 bits per heavy atom. The van der Waals surface area contributed by atoms with E-state index >= 15 is 0 Å². The fourth-order valence-corrected chi connectivity index (χ4v) is 3.12. The van der Waals surface area contributed by atoms with Crippen LogP contribution in [-0.2, 0) is 16.6 Å². The highest BCUT2D eigenvalue weighted by atomic mass is 35.5. The molecule has 0 amide bonds. The monoisotopic (exact) mass is 325 g/mol. The molecule has 2 rings (SSSR count). The number of halogens is 1. The third-order valence-electron chi connectivity index (χ3n) is 3.10. The molecule has 1 N–H and O–H groups in total. The molecule has 0 heterocycles. The lowest BCUT2D eigenvalue weighted by Crippen LogP contribution is -2.23. The van der Waals surface area contributed by atoms with Crippen LogP contribution in [0.1, 0.15) is 11.1 Å². The molecule has 0 unspecified atom stereocenters. The highest BCUT2D eigenvalue weighted by Gasteiger charge is 2.15. The molecule has 0 saturated heterocycles. The van der Waals surface area contributed by atoms with Crippen LogP contribution in [0.15, 0.2) is 47.4 Å². The van der Waals surface area contributed by atoms with Gasteiger partial charge in [0.25, 0.3) is 0 Å².